The van der Waals surface area contributed by atoms with Gasteiger partial charge in [-0.3, -0.25) is 9.88 Å². The number of rotatable bonds is 5. The first-order valence-corrected chi connectivity index (χ1v) is 6.62. The van der Waals surface area contributed by atoms with Crippen LogP contribution in [-0.2, 0) is 13.1 Å². The van der Waals surface area contributed by atoms with E-state index >= 15 is 0 Å². The Hall–Kier alpha value is -1.45. The first kappa shape index (κ1) is 14.0. The van der Waals surface area contributed by atoms with E-state index in [9.17, 15) is 4.39 Å². The number of nitrogens with zero attached hydrogens (tertiary/aromatic N) is 2. The summed E-state index contributed by atoms with van der Waals surface area (Å²) in [6.07, 6.45) is 3.53. The first-order valence-electron chi connectivity index (χ1n) is 6.25. The SMILES string of the molecule is CCN(Cc1ccncc1)Cc1c(F)cccc1Cl. The molecule has 1 aromatic carbocycles. The molecule has 0 bridgehead atoms. The Bertz CT molecular complexity index is 511. The van der Waals surface area contributed by atoms with E-state index < -0.39 is 0 Å². The second kappa shape index (κ2) is 6.64. The summed E-state index contributed by atoms with van der Waals surface area (Å²) < 4.78 is 13.8. The molecule has 19 heavy (non-hydrogen) atoms. The molecule has 0 atom stereocenters. The van der Waals surface area contributed by atoms with Gasteiger partial charge in [0.2, 0.25) is 0 Å². The summed E-state index contributed by atoms with van der Waals surface area (Å²) in [5.74, 6) is -0.249. The van der Waals surface area contributed by atoms with E-state index in [4.69, 9.17) is 11.6 Å². The van der Waals surface area contributed by atoms with Crippen molar-refractivity contribution in [3.63, 3.8) is 0 Å². The monoisotopic (exact) mass is 278 g/mol. The molecule has 0 fully saturated rings. The minimum absolute atomic E-state index is 0.249. The molecule has 0 aliphatic rings. The topological polar surface area (TPSA) is 16.1 Å². The van der Waals surface area contributed by atoms with Crippen LogP contribution >= 0.6 is 11.6 Å². The van der Waals surface area contributed by atoms with E-state index in [-0.39, 0.29) is 5.82 Å². The van der Waals surface area contributed by atoms with Gasteiger partial charge in [-0.25, -0.2) is 4.39 Å². The average molecular weight is 279 g/mol. The van der Waals surface area contributed by atoms with E-state index in [1.807, 2.05) is 12.1 Å². The van der Waals surface area contributed by atoms with E-state index in [2.05, 4.69) is 16.8 Å². The van der Waals surface area contributed by atoms with Crippen molar-refractivity contribution in [1.82, 2.24) is 9.88 Å². The summed E-state index contributed by atoms with van der Waals surface area (Å²) in [6, 6.07) is 8.72. The van der Waals surface area contributed by atoms with Crippen LogP contribution in [0.5, 0.6) is 0 Å². The normalized spacial score (nSPS) is 10.9. The molecule has 0 amide bonds. The summed E-state index contributed by atoms with van der Waals surface area (Å²) in [5, 5.41) is 0.480. The van der Waals surface area contributed by atoms with Gasteiger partial charge in [0.1, 0.15) is 5.82 Å². The molecule has 0 aliphatic carbocycles. The number of aromatic nitrogens is 1. The number of hydrogen-bond acceptors (Lipinski definition) is 2. The smallest absolute Gasteiger partial charge is 0.129 e. The van der Waals surface area contributed by atoms with E-state index in [0.29, 0.717) is 17.1 Å². The van der Waals surface area contributed by atoms with Crippen LogP contribution in [0.3, 0.4) is 0 Å². The van der Waals surface area contributed by atoms with Crippen LogP contribution in [0.1, 0.15) is 18.1 Å². The van der Waals surface area contributed by atoms with Gasteiger partial charge in [0, 0.05) is 36.1 Å². The third kappa shape index (κ3) is 3.75. The Labute approximate surface area is 117 Å². The van der Waals surface area contributed by atoms with Gasteiger partial charge < -0.3 is 0 Å². The van der Waals surface area contributed by atoms with Gasteiger partial charge in [0.15, 0.2) is 0 Å². The number of halogens is 2. The average Bonchev–Trinajstić information content (AvgIpc) is 2.43. The van der Waals surface area contributed by atoms with Crippen molar-refractivity contribution in [1.29, 1.82) is 0 Å². The van der Waals surface area contributed by atoms with Crippen molar-refractivity contribution < 1.29 is 4.39 Å². The lowest BCUT2D eigenvalue weighted by atomic mass is 10.1. The molecular formula is C15H16ClFN2. The molecule has 0 saturated heterocycles. The number of benzene rings is 1. The number of hydrogen-bond donors (Lipinski definition) is 0. The molecule has 2 rings (SSSR count). The fourth-order valence-electron chi connectivity index (χ4n) is 1.93. The second-order valence-corrected chi connectivity index (χ2v) is 4.77. The zero-order valence-electron chi connectivity index (χ0n) is 10.8. The Morgan fingerprint density at radius 2 is 1.89 bits per heavy atom. The molecular weight excluding hydrogens is 263 g/mol. The minimum Gasteiger partial charge on any atom is -0.295 e. The zero-order chi connectivity index (χ0) is 13.7. The van der Waals surface area contributed by atoms with Crippen molar-refractivity contribution in [2.45, 2.75) is 20.0 Å². The van der Waals surface area contributed by atoms with E-state index in [1.54, 1.807) is 24.5 Å². The summed E-state index contributed by atoms with van der Waals surface area (Å²) in [7, 11) is 0. The predicted octanol–water partition coefficient (Wildman–Crippen LogP) is 3.90. The molecule has 1 heterocycles. The second-order valence-electron chi connectivity index (χ2n) is 4.36. The highest BCUT2D eigenvalue weighted by molar-refractivity contribution is 6.31. The highest BCUT2D eigenvalue weighted by Gasteiger charge is 2.11. The number of pyridine rings is 1. The van der Waals surface area contributed by atoms with Crippen molar-refractivity contribution >= 4 is 11.6 Å². The van der Waals surface area contributed by atoms with E-state index in [1.165, 1.54) is 6.07 Å². The van der Waals surface area contributed by atoms with Gasteiger partial charge in [-0.15, -0.1) is 0 Å². The van der Waals surface area contributed by atoms with Crippen LogP contribution < -0.4 is 0 Å². The first-order chi connectivity index (χ1) is 9.20. The van der Waals surface area contributed by atoms with Crippen molar-refractivity contribution in [3.8, 4) is 0 Å². The molecule has 2 nitrogen and oxygen atoms in total. The summed E-state index contributed by atoms with van der Waals surface area (Å²) in [6.45, 7) is 4.14. The van der Waals surface area contributed by atoms with Gasteiger partial charge >= 0.3 is 0 Å². The Morgan fingerprint density at radius 3 is 2.53 bits per heavy atom. The fourth-order valence-corrected chi connectivity index (χ4v) is 2.16. The largest absolute Gasteiger partial charge is 0.295 e. The molecule has 0 radical (unpaired) electrons. The van der Waals surface area contributed by atoms with Crippen LogP contribution in [0.2, 0.25) is 5.02 Å². The summed E-state index contributed by atoms with van der Waals surface area (Å²) in [4.78, 5) is 6.13. The molecule has 0 N–H and O–H groups in total. The van der Waals surface area contributed by atoms with Crippen LogP contribution in [0.15, 0.2) is 42.7 Å². The van der Waals surface area contributed by atoms with E-state index in [0.717, 1.165) is 18.7 Å². The molecule has 0 spiro atoms. The highest BCUT2D eigenvalue weighted by atomic mass is 35.5. The Balaban J connectivity index is 2.11. The summed E-state index contributed by atoms with van der Waals surface area (Å²) >= 11 is 6.06. The van der Waals surface area contributed by atoms with Crippen LogP contribution in [0.25, 0.3) is 0 Å². The molecule has 4 heteroatoms. The molecule has 0 unspecified atom stereocenters. The predicted molar refractivity (Wildman–Crippen MR) is 75.4 cm³/mol. The van der Waals surface area contributed by atoms with Gasteiger partial charge in [-0.05, 0) is 36.4 Å². The highest BCUT2D eigenvalue weighted by Crippen LogP contribution is 2.21. The molecule has 1 aromatic heterocycles. The van der Waals surface area contributed by atoms with Crippen molar-refractivity contribution in [3.05, 3.63) is 64.7 Å². The quantitative estimate of drug-likeness (QED) is 0.825. The molecule has 2 aromatic rings. The molecule has 0 saturated carbocycles. The van der Waals surface area contributed by atoms with Crippen LogP contribution in [0, 0.1) is 5.82 Å². The maximum Gasteiger partial charge on any atom is 0.129 e. The standard InChI is InChI=1S/C15H16ClFN2/c1-2-19(10-12-6-8-18-9-7-12)11-13-14(16)4-3-5-15(13)17/h3-9H,2,10-11H2,1H3. The molecule has 0 aliphatic heterocycles. The van der Waals surface area contributed by atoms with Gasteiger partial charge in [0.05, 0.1) is 0 Å². The maximum absolute atomic E-state index is 13.8. The van der Waals surface area contributed by atoms with Crippen LogP contribution in [-0.4, -0.2) is 16.4 Å². The third-order valence-electron chi connectivity index (χ3n) is 3.05. The third-order valence-corrected chi connectivity index (χ3v) is 3.40. The van der Waals surface area contributed by atoms with Crippen molar-refractivity contribution in [2.75, 3.05) is 6.54 Å². The lowest BCUT2D eigenvalue weighted by molar-refractivity contribution is 0.267. The van der Waals surface area contributed by atoms with Gasteiger partial charge in [-0.1, -0.05) is 24.6 Å². The minimum atomic E-state index is -0.249. The van der Waals surface area contributed by atoms with Gasteiger partial charge in [-0.2, -0.15) is 0 Å². The van der Waals surface area contributed by atoms with Crippen LogP contribution in [0.4, 0.5) is 4.39 Å². The Kier molecular flexibility index (Phi) is 4.88. The summed E-state index contributed by atoms with van der Waals surface area (Å²) in [5.41, 5.74) is 1.71. The lowest BCUT2D eigenvalue weighted by Crippen LogP contribution is -2.23. The van der Waals surface area contributed by atoms with Gasteiger partial charge in [0.25, 0.3) is 0 Å². The molecule has 100 valence electrons. The van der Waals surface area contributed by atoms with Crippen molar-refractivity contribution in [2.24, 2.45) is 0 Å². The lowest BCUT2D eigenvalue weighted by Gasteiger charge is -2.21. The Morgan fingerprint density at radius 1 is 1.16 bits per heavy atom. The maximum atomic E-state index is 13.8. The fraction of sp³-hybridized carbons (Fsp3) is 0.267. The zero-order valence-corrected chi connectivity index (χ0v) is 11.6.